The number of benzene rings is 2. The van der Waals surface area contributed by atoms with Gasteiger partial charge in [0, 0.05) is 17.1 Å². The van der Waals surface area contributed by atoms with Crippen molar-refractivity contribution in [3.8, 4) is 5.75 Å². The minimum absolute atomic E-state index is 0.0597. The van der Waals surface area contributed by atoms with Gasteiger partial charge < -0.3 is 10.1 Å². The van der Waals surface area contributed by atoms with Gasteiger partial charge in [-0.2, -0.15) is 0 Å². The molecular formula is C16H15BrN2O4S. The summed E-state index contributed by atoms with van der Waals surface area (Å²) < 4.78 is 33.3. The van der Waals surface area contributed by atoms with Crippen LogP contribution in [0.1, 0.15) is 11.1 Å². The van der Waals surface area contributed by atoms with Crippen molar-refractivity contribution in [2.45, 2.75) is 18.4 Å². The van der Waals surface area contributed by atoms with Crippen molar-refractivity contribution >= 4 is 37.5 Å². The molecule has 0 unspecified atom stereocenters. The zero-order valence-corrected chi connectivity index (χ0v) is 15.2. The summed E-state index contributed by atoms with van der Waals surface area (Å²) in [4.78, 5) is 11.4. The molecule has 1 heterocycles. The maximum Gasteiger partial charge on any atom is 0.262 e. The van der Waals surface area contributed by atoms with Crippen LogP contribution in [0.25, 0.3) is 0 Å². The number of amides is 1. The number of rotatable bonds is 4. The third-order valence-corrected chi connectivity index (χ3v) is 5.90. The topological polar surface area (TPSA) is 84.5 Å². The fourth-order valence-electron chi connectivity index (χ4n) is 2.25. The van der Waals surface area contributed by atoms with Gasteiger partial charge in [0.05, 0.1) is 5.69 Å². The van der Waals surface area contributed by atoms with Crippen LogP contribution in [0.2, 0.25) is 0 Å². The monoisotopic (exact) mass is 410 g/mol. The van der Waals surface area contributed by atoms with Crippen LogP contribution in [0.4, 0.5) is 5.69 Å². The van der Waals surface area contributed by atoms with Crippen molar-refractivity contribution in [3.63, 3.8) is 0 Å². The Morgan fingerprint density at radius 1 is 1.25 bits per heavy atom. The van der Waals surface area contributed by atoms with E-state index in [2.05, 4.69) is 26.0 Å². The van der Waals surface area contributed by atoms with Crippen LogP contribution in [-0.2, 0) is 21.4 Å². The Morgan fingerprint density at radius 3 is 2.67 bits per heavy atom. The quantitative estimate of drug-likeness (QED) is 0.810. The van der Waals surface area contributed by atoms with Crippen molar-refractivity contribution in [2.75, 3.05) is 11.9 Å². The summed E-state index contributed by atoms with van der Waals surface area (Å²) in [6, 6.07) is 10.5. The van der Waals surface area contributed by atoms with Crippen LogP contribution in [0, 0.1) is 6.92 Å². The lowest BCUT2D eigenvalue weighted by molar-refractivity contribution is -0.118. The molecule has 0 atom stereocenters. The molecule has 0 saturated heterocycles. The number of hydrogen-bond donors (Lipinski definition) is 2. The highest BCUT2D eigenvalue weighted by atomic mass is 79.9. The van der Waals surface area contributed by atoms with Gasteiger partial charge in [0.15, 0.2) is 6.61 Å². The molecule has 0 aromatic heterocycles. The lowest BCUT2D eigenvalue weighted by Crippen LogP contribution is -2.27. The molecule has 2 N–H and O–H groups in total. The highest BCUT2D eigenvalue weighted by molar-refractivity contribution is 9.10. The number of sulfonamides is 1. The molecule has 0 radical (unpaired) electrons. The van der Waals surface area contributed by atoms with Crippen LogP contribution in [0.5, 0.6) is 5.75 Å². The third kappa shape index (κ3) is 3.61. The Bertz CT molecular complexity index is 895. The van der Waals surface area contributed by atoms with Crippen LogP contribution in [0.3, 0.4) is 0 Å². The van der Waals surface area contributed by atoms with Crippen molar-refractivity contribution in [1.29, 1.82) is 0 Å². The van der Waals surface area contributed by atoms with E-state index in [9.17, 15) is 13.2 Å². The first-order valence-corrected chi connectivity index (χ1v) is 9.44. The Kier molecular flexibility index (Phi) is 4.62. The molecule has 3 rings (SSSR count). The lowest BCUT2D eigenvalue weighted by atomic mass is 10.2. The number of carbonyl (C=O) groups excluding carboxylic acids is 1. The van der Waals surface area contributed by atoms with E-state index in [1.165, 1.54) is 12.1 Å². The summed E-state index contributed by atoms with van der Waals surface area (Å²) in [6.07, 6.45) is 0. The Balaban J connectivity index is 1.84. The van der Waals surface area contributed by atoms with Gasteiger partial charge in [-0.1, -0.05) is 29.8 Å². The van der Waals surface area contributed by atoms with E-state index < -0.39 is 10.0 Å². The molecule has 0 fully saturated rings. The van der Waals surface area contributed by atoms with E-state index >= 15 is 0 Å². The number of ether oxygens (including phenoxy) is 1. The Morgan fingerprint density at radius 2 is 1.96 bits per heavy atom. The lowest BCUT2D eigenvalue weighted by Gasteiger charge is -2.19. The molecular weight excluding hydrogens is 396 g/mol. The minimum atomic E-state index is -3.74. The van der Waals surface area contributed by atoms with E-state index in [1.807, 2.05) is 31.2 Å². The summed E-state index contributed by atoms with van der Waals surface area (Å²) in [5, 5.41) is 2.63. The molecule has 1 aliphatic heterocycles. The molecule has 24 heavy (non-hydrogen) atoms. The number of hydrogen-bond acceptors (Lipinski definition) is 4. The number of aryl methyl sites for hydroxylation is 1. The van der Waals surface area contributed by atoms with Crippen LogP contribution < -0.4 is 14.8 Å². The summed E-state index contributed by atoms with van der Waals surface area (Å²) in [6.45, 7) is 2.02. The highest BCUT2D eigenvalue weighted by Gasteiger charge is 2.24. The first-order chi connectivity index (χ1) is 11.3. The Labute approximate surface area is 148 Å². The second-order valence-electron chi connectivity index (χ2n) is 5.43. The largest absolute Gasteiger partial charge is 0.482 e. The molecule has 6 nitrogen and oxygen atoms in total. The fourth-order valence-corrected chi connectivity index (χ4v) is 4.32. The minimum Gasteiger partial charge on any atom is -0.482 e. The van der Waals surface area contributed by atoms with Gasteiger partial charge in [0.1, 0.15) is 10.6 Å². The number of anilines is 1. The predicted octanol–water partition coefficient (Wildman–Crippen LogP) is 2.57. The first-order valence-electron chi connectivity index (χ1n) is 7.16. The van der Waals surface area contributed by atoms with Crippen LogP contribution >= 0.6 is 15.9 Å². The average Bonchev–Trinajstić information content (AvgIpc) is 2.53. The maximum absolute atomic E-state index is 12.6. The van der Waals surface area contributed by atoms with Gasteiger partial charge in [0.25, 0.3) is 5.91 Å². The maximum atomic E-state index is 12.6. The smallest absolute Gasteiger partial charge is 0.262 e. The highest BCUT2D eigenvalue weighted by Crippen LogP contribution is 2.35. The van der Waals surface area contributed by atoms with E-state index in [-0.39, 0.29) is 24.0 Å². The van der Waals surface area contributed by atoms with Crippen molar-refractivity contribution < 1.29 is 17.9 Å². The molecule has 0 aliphatic carbocycles. The molecule has 0 spiro atoms. The van der Waals surface area contributed by atoms with E-state index in [0.717, 1.165) is 11.1 Å². The zero-order chi connectivity index (χ0) is 17.3. The zero-order valence-electron chi connectivity index (χ0n) is 12.8. The molecule has 0 saturated carbocycles. The third-order valence-electron chi connectivity index (χ3n) is 3.54. The second kappa shape index (κ2) is 6.54. The molecule has 2 aromatic rings. The van der Waals surface area contributed by atoms with Crippen LogP contribution in [0.15, 0.2) is 45.8 Å². The number of fused-ring (bicyclic) bond motifs is 1. The normalized spacial score (nSPS) is 13.8. The Hall–Kier alpha value is -1.90. The van der Waals surface area contributed by atoms with E-state index in [1.54, 1.807) is 0 Å². The summed E-state index contributed by atoms with van der Waals surface area (Å²) in [5.74, 6) is 0.0519. The average molecular weight is 411 g/mol. The van der Waals surface area contributed by atoms with Crippen LogP contribution in [-0.4, -0.2) is 20.9 Å². The van der Waals surface area contributed by atoms with Gasteiger partial charge in [-0.3, -0.25) is 4.79 Å². The molecule has 126 valence electrons. The van der Waals surface area contributed by atoms with Gasteiger partial charge >= 0.3 is 0 Å². The molecule has 0 bridgehead atoms. The van der Waals surface area contributed by atoms with Crippen molar-refractivity contribution in [2.24, 2.45) is 0 Å². The van der Waals surface area contributed by atoms with Crippen molar-refractivity contribution in [3.05, 3.63) is 52.0 Å². The van der Waals surface area contributed by atoms with Gasteiger partial charge in [-0.05, 0) is 34.5 Å². The van der Waals surface area contributed by atoms with Gasteiger partial charge in [-0.15, -0.1) is 0 Å². The molecule has 2 aromatic carbocycles. The number of nitrogens with one attached hydrogen (secondary N) is 2. The molecule has 1 aliphatic rings. The van der Waals surface area contributed by atoms with E-state index in [0.29, 0.717) is 15.9 Å². The first kappa shape index (κ1) is 16.9. The molecule has 8 heteroatoms. The number of carbonyl (C=O) groups is 1. The van der Waals surface area contributed by atoms with Gasteiger partial charge in [0.2, 0.25) is 10.0 Å². The summed E-state index contributed by atoms with van der Waals surface area (Å²) in [7, 11) is -3.74. The second-order valence-corrected chi connectivity index (χ2v) is 8.02. The SMILES string of the molecule is Cc1ccc(CNS(=O)(=O)c2cc3c(cc2Br)NC(=O)CO3)cc1. The summed E-state index contributed by atoms with van der Waals surface area (Å²) in [5.41, 5.74) is 2.41. The predicted molar refractivity (Wildman–Crippen MR) is 93.5 cm³/mol. The van der Waals surface area contributed by atoms with Gasteiger partial charge in [-0.25, -0.2) is 13.1 Å². The standard InChI is InChI=1S/C16H15BrN2O4S/c1-10-2-4-11(5-3-10)8-18-24(21,22)15-7-14-13(6-12(15)17)19-16(20)9-23-14/h2-7,18H,8-9H2,1H3,(H,19,20). The van der Waals surface area contributed by atoms with Crippen molar-refractivity contribution in [1.82, 2.24) is 4.72 Å². The number of halogens is 1. The fraction of sp³-hybridized carbons (Fsp3) is 0.188. The van der Waals surface area contributed by atoms with E-state index in [4.69, 9.17) is 4.74 Å². The summed E-state index contributed by atoms with van der Waals surface area (Å²) >= 11 is 3.24. The molecule has 1 amide bonds.